The molecule has 0 radical (unpaired) electrons. The van der Waals surface area contributed by atoms with Crippen LogP contribution in [0.5, 0.6) is 0 Å². The molecule has 32 heavy (non-hydrogen) atoms. The van der Waals surface area contributed by atoms with Crippen LogP contribution in [0, 0.1) is 11.8 Å². The van der Waals surface area contributed by atoms with Crippen molar-refractivity contribution in [2.24, 2.45) is 11.8 Å². The summed E-state index contributed by atoms with van der Waals surface area (Å²) in [7, 11) is -3.61. The Balaban J connectivity index is 1.37. The van der Waals surface area contributed by atoms with Crippen molar-refractivity contribution in [2.45, 2.75) is 62.7 Å². The van der Waals surface area contributed by atoms with Gasteiger partial charge in [0.2, 0.25) is 27.7 Å². The molecule has 2 aliphatic heterocycles. The lowest BCUT2D eigenvalue weighted by atomic mass is 9.81. The summed E-state index contributed by atoms with van der Waals surface area (Å²) in [5.41, 5.74) is 0.388. The fourth-order valence-corrected chi connectivity index (χ4v) is 6.62. The van der Waals surface area contributed by atoms with Crippen molar-refractivity contribution in [3.8, 4) is 0 Å². The van der Waals surface area contributed by atoms with Gasteiger partial charge in [-0.25, -0.2) is 8.42 Å². The zero-order valence-electron chi connectivity index (χ0n) is 18.3. The molecule has 0 bridgehead atoms. The van der Waals surface area contributed by atoms with Gasteiger partial charge in [-0.2, -0.15) is 4.31 Å². The summed E-state index contributed by atoms with van der Waals surface area (Å²) >= 11 is 0. The number of nitrogens with one attached hydrogen (secondary N) is 1. The van der Waals surface area contributed by atoms with Crippen LogP contribution in [0.3, 0.4) is 0 Å². The largest absolute Gasteiger partial charge is 0.326 e. The molecule has 1 aliphatic carbocycles. The van der Waals surface area contributed by atoms with Crippen LogP contribution in [-0.2, 0) is 24.4 Å². The van der Waals surface area contributed by atoms with E-state index in [4.69, 9.17) is 0 Å². The minimum Gasteiger partial charge on any atom is -0.326 e. The zero-order valence-corrected chi connectivity index (χ0v) is 19.1. The Bertz CT molecular complexity index is 961. The van der Waals surface area contributed by atoms with Crippen molar-refractivity contribution in [1.29, 1.82) is 0 Å². The second kappa shape index (κ2) is 9.70. The Morgan fingerprint density at radius 1 is 0.938 bits per heavy atom. The molecular weight excluding hydrogens is 430 g/mol. The molecule has 3 fully saturated rings. The van der Waals surface area contributed by atoms with Crippen molar-refractivity contribution < 1.29 is 22.8 Å². The Morgan fingerprint density at radius 3 is 2.19 bits per heavy atom. The van der Waals surface area contributed by atoms with Crippen LogP contribution in [0.4, 0.5) is 5.69 Å². The lowest BCUT2D eigenvalue weighted by molar-refractivity contribution is -0.140. The molecule has 0 unspecified atom stereocenters. The van der Waals surface area contributed by atoms with Gasteiger partial charge in [0.05, 0.1) is 16.7 Å². The highest BCUT2D eigenvalue weighted by Gasteiger charge is 2.47. The summed E-state index contributed by atoms with van der Waals surface area (Å²) in [5.74, 6) is -1.11. The molecule has 1 N–H and O–H groups in total. The number of imide groups is 1. The molecule has 3 amide bonds. The number of nitrogens with zero attached hydrogens (tertiary/aromatic N) is 2. The minimum atomic E-state index is -3.61. The summed E-state index contributed by atoms with van der Waals surface area (Å²) < 4.78 is 27.5. The van der Waals surface area contributed by atoms with Gasteiger partial charge in [-0.1, -0.05) is 31.7 Å². The first-order valence-electron chi connectivity index (χ1n) is 11.6. The SMILES string of the molecule is O=C(CCN1C(=O)[C@H]2CCCC[C@@H]2C1=O)Nc1cccc(S(=O)(=O)N2CCCCCC2)c1. The molecule has 2 heterocycles. The second-order valence-corrected chi connectivity index (χ2v) is 10.9. The normalized spacial score (nSPS) is 24.8. The van der Waals surface area contributed by atoms with E-state index in [1.165, 1.54) is 15.3 Å². The third-order valence-electron chi connectivity index (χ3n) is 6.82. The molecule has 174 valence electrons. The summed E-state index contributed by atoms with van der Waals surface area (Å²) in [4.78, 5) is 39.0. The van der Waals surface area contributed by atoms with Crippen molar-refractivity contribution >= 4 is 33.4 Å². The predicted molar refractivity (Wildman–Crippen MR) is 119 cm³/mol. The van der Waals surface area contributed by atoms with E-state index in [2.05, 4.69) is 5.32 Å². The van der Waals surface area contributed by atoms with E-state index in [0.717, 1.165) is 51.4 Å². The molecule has 0 spiro atoms. The van der Waals surface area contributed by atoms with E-state index in [0.29, 0.717) is 18.8 Å². The van der Waals surface area contributed by atoms with Gasteiger partial charge in [-0.05, 0) is 43.9 Å². The van der Waals surface area contributed by atoms with Gasteiger partial charge in [-0.15, -0.1) is 0 Å². The molecule has 9 heteroatoms. The first kappa shape index (κ1) is 22.9. The van der Waals surface area contributed by atoms with E-state index in [1.807, 2.05) is 0 Å². The molecule has 1 aromatic carbocycles. The average molecular weight is 462 g/mol. The van der Waals surface area contributed by atoms with E-state index < -0.39 is 10.0 Å². The summed E-state index contributed by atoms with van der Waals surface area (Å²) in [6.45, 7) is 1.08. The maximum atomic E-state index is 13.0. The molecule has 3 aliphatic rings. The summed E-state index contributed by atoms with van der Waals surface area (Å²) in [6, 6.07) is 6.26. The lowest BCUT2D eigenvalue weighted by Gasteiger charge is -2.20. The predicted octanol–water partition coefficient (Wildman–Crippen LogP) is 2.76. The number of rotatable bonds is 6. The van der Waals surface area contributed by atoms with Crippen molar-refractivity contribution in [3.05, 3.63) is 24.3 Å². The van der Waals surface area contributed by atoms with E-state index in [9.17, 15) is 22.8 Å². The molecule has 8 nitrogen and oxygen atoms in total. The molecule has 4 rings (SSSR count). The number of carbonyl (C=O) groups excluding carboxylic acids is 3. The van der Waals surface area contributed by atoms with E-state index >= 15 is 0 Å². The van der Waals surface area contributed by atoms with Gasteiger partial charge in [0.25, 0.3) is 0 Å². The number of hydrogen-bond acceptors (Lipinski definition) is 5. The number of benzene rings is 1. The highest BCUT2D eigenvalue weighted by Crippen LogP contribution is 2.38. The van der Waals surface area contributed by atoms with Crippen molar-refractivity contribution in [1.82, 2.24) is 9.21 Å². The first-order chi connectivity index (χ1) is 15.4. The zero-order chi connectivity index (χ0) is 22.7. The highest BCUT2D eigenvalue weighted by atomic mass is 32.2. The van der Waals surface area contributed by atoms with Gasteiger partial charge < -0.3 is 5.32 Å². The van der Waals surface area contributed by atoms with Crippen LogP contribution in [0.25, 0.3) is 0 Å². The minimum absolute atomic E-state index is 0.0139. The molecule has 2 saturated heterocycles. The number of amides is 3. The van der Waals surface area contributed by atoms with Gasteiger partial charge in [-0.3, -0.25) is 19.3 Å². The molecule has 0 aromatic heterocycles. The monoisotopic (exact) mass is 461 g/mol. The number of likely N-dealkylation sites (tertiary alicyclic amines) is 1. The van der Waals surface area contributed by atoms with Crippen molar-refractivity contribution in [2.75, 3.05) is 25.0 Å². The highest BCUT2D eigenvalue weighted by molar-refractivity contribution is 7.89. The Morgan fingerprint density at radius 2 is 1.56 bits per heavy atom. The Labute approximate surface area is 189 Å². The number of hydrogen-bond donors (Lipinski definition) is 1. The van der Waals surface area contributed by atoms with E-state index in [-0.39, 0.29) is 47.4 Å². The molecule has 1 saturated carbocycles. The topological polar surface area (TPSA) is 104 Å². The van der Waals surface area contributed by atoms with Gasteiger partial charge in [0.15, 0.2) is 0 Å². The quantitative estimate of drug-likeness (QED) is 0.656. The van der Waals surface area contributed by atoms with Gasteiger partial charge in [0, 0.05) is 31.7 Å². The standard InChI is InChI=1S/C23H31N3O5S/c27-21(12-15-26-22(28)19-10-3-4-11-20(19)23(26)29)24-17-8-7-9-18(16-17)32(30,31)25-13-5-1-2-6-14-25/h7-9,16,19-20H,1-6,10-15H2,(H,24,27)/t19-,20-/m0/s1. The second-order valence-electron chi connectivity index (χ2n) is 8.97. The fourth-order valence-electron chi connectivity index (χ4n) is 5.05. The summed E-state index contributed by atoms with van der Waals surface area (Å²) in [5, 5.41) is 2.71. The van der Waals surface area contributed by atoms with Crippen LogP contribution in [0.2, 0.25) is 0 Å². The van der Waals surface area contributed by atoms with Crippen LogP contribution in [0.15, 0.2) is 29.2 Å². The van der Waals surface area contributed by atoms with Crippen LogP contribution >= 0.6 is 0 Å². The van der Waals surface area contributed by atoms with E-state index in [1.54, 1.807) is 18.2 Å². The van der Waals surface area contributed by atoms with Crippen LogP contribution in [0.1, 0.15) is 57.8 Å². The smallest absolute Gasteiger partial charge is 0.243 e. The maximum absolute atomic E-state index is 13.0. The van der Waals surface area contributed by atoms with Crippen molar-refractivity contribution in [3.63, 3.8) is 0 Å². The van der Waals surface area contributed by atoms with Gasteiger partial charge >= 0.3 is 0 Å². The Hall–Kier alpha value is -2.26. The fraction of sp³-hybridized carbons (Fsp3) is 0.609. The maximum Gasteiger partial charge on any atom is 0.243 e. The third-order valence-corrected chi connectivity index (χ3v) is 8.71. The van der Waals surface area contributed by atoms with Crippen LogP contribution < -0.4 is 5.32 Å². The first-order valence-corrected chi connectivity index (χ1v) is 13.1. The third kappa shape index (κ3) is 4.73. The molecule has 1 aromatic rings. The van der Waals surface area contributed by atoms with Gasteiger partial charge in [0.1, 0.15) is 0 Å². The number of anilines is 1. The number of carbonyl (C=O) groups is 3. The molecular formula is C23H31N3O5S. The average Bonchev–Trinajstić information content (AvgIpc) is 2.98. The lowest BCUT2D eigenvalue weighted by Crippen LogP contribution is -2.34. The number of fused-ring (bicyclic) bond motifs is 1. The number of sulfonamides is 1. The van der Waals surface area contributed by atoms with Crippen LogP contribution in [-0.4, -0.2) is 55.0 Å². The summed E-state index contributed by atoms with van der Waals surface area (Å²) in [6.07, 6.45) is 7.18. The Kier molecular flexibility index (Phi) is 6.95. The molecule has 2 atom stereocenters.